The minimum Gasteiger partial charge on any atom is -0.444 e. The Morgan fingerprint density at radius 3 is 2.77 bits per heavy atom. The van der Waals surface area contributed by atoms with Gasteiger partial charge in [0.2, 0.25) is 0 Å². The molecule has 0 saturated carbocycles. The van der Waals surface area contributed by atoms with Crippen molar-refractivity contribution in [2.45, 2.75) is 26.0 Å². The molecule has 1 unspecified atom stereocenters. The van der Waals surface area contributed by atoms with E-state index in [1.165, 1.54) is 0 Å². The molecule has 1 atom stereocenters. The highest BCUT2D eigenvalue weighted by atomic mass is 16.6. The Balaban J connectivity index is 1.81. The van der Waals surface area contributed by atoms with Crippen molar-refractivity contribution >= 4 is 11.8 Å². The van der Waals surface area contributed by atoms with Gasteiger partial charge in [0.15, 0.2) is 0 Å². The van der Waals surface area contributed by atoms with Crippen molar-refractivity contribution in [3.05, 3.63) is 65.2 Å². The van der Waals surface area contributed by atoms with Gasteiger partial charge in [0.25, 0.3) is 0 Å². The number of hydrogen-bond donors (Lipinski definition) is 0. The van der Waals surface area contributed by atoms with E-state index in [1.54, 1.807) is 11.0 Å². The Morgan fingerprint density at radius 2 is 2.05 bits per heavy atom. The molecule has 0 saturated heterocycles. The van der Waals surface area contributed by atoms with Crippen LogP contribution in [-0.2, 0) is 17.8 Å². The van der Waals surface area contributed by atoms with Crippen LogP contribution in [0.5, 0.6) is 0 Å². The van der Waals surface area contributed by atoms with Crippen LogP contribution in [0.15, 0.2) is 48.5 Å². The zero-order valence-electron chi connectivity index (χ0n) is 12.3. The van der Waals surface area contributed by atoms with Gasteiger partial charge >= 0.3 is 6.09 Å². The molecule has 0 bridgehead atoms. The van der Waals surface area contributed by atoms with Gasteiger partial charge in [-0.1, -0.05) is 42.5 Å². The molecule has 3 rings (SSSR count). The zero-order valence-corrected chi connectivity index (χ0v) is 12.3. The van der Waals surface area contributed by atoms with E-state index in [0.29, 0.717) is 11.3 Å². The number of rotatable bonds is 2. The van der Waals surface area contributed by atoms with Crippen molar-refractivity contribution in [3.63, 3.8) is 0 Å². The number of benzene rings is 2. The minimum absolute atomic E-state index is 0.00669. The Kier molecular flexibility index (Phi) is 3.80. The molecule has 110 valence electrons. The summed E-state index contributed by atoms with van der Waals surface area (Å²) in [5, 5.41) is 9.27. The number of nitrogens with zero attached hydrogens (tertiary/aromatic N) is 2. The maximum absolute atomic E-state index is 12.5. The summed E-state index contributed by atoms with van der Waals surface area (Å²) in [6.45, 7) is 2.19. The third-order valence-corrected chi connectivity index (χ3v) is 3.84. The largest absolute Gasteiger partial charge is 0.444 e. The van der Waals surface area contributed by atoms with Crippen LogP contribution in [0, 0.1) is 11.3 Å². The fourth-order valence-corrected chi connectivity index (χ4v) is 2.82. The Bertz CT molecular complexity index is 734. The molecule has 0 spiro atoms. The Labute approximate surface area is 129 Å². The average molecular weight is 292 g/mol. The highest BCUT2D eigenvalue weighted by Crippen LogP contribution is 2.35. The highest BCUT2D eigenvalue weighted by Gasteiger charge is 2.34. The Morgan fingerprint density at radius 1 is 1.27 bits per heavy atom. The van der Waals surface area contributed by atoms with Crippen LogP contribution in [0.1, 0.15) is 23.6 Å². The molecule has 22 heavy (non-hydrogen) atoms. The molecule has 0 aliphatic carbocycles. The molecule has 4 nitrogen and oxygen atoms in total. The van der Waals surface area contributed by atoms with Crippen molar-refractivity contribution in [2.75, 3.05) is 4.90 Å². The molecule has 1 aliphatic rings. The molecule has 1 heterocycles. The summed E-state index contributed by atoms with van der Waals surface area (Å²) in [5.74, 6) is 0. The third-order valence-electron chi connectivity index (χ3n) is 3.84. The zero-order chi connectivity index (χ0) is 15.5. The second-order valence-electron chi connectivity index (χ2n) is 5.39. The fourth-order valence-electron chi connectivity index (χ4n) is 2.82. The lowest BCUT2D eigenvalue weighted by molar-refractivity contribution is 0.145. The van der Waals surface area contributed by atoms with Crippen LogP contribution in [-0.4, -0.2) is 12.1 Å². The Hall–Kier alpha value is -2.80. The number of nitriles is 1. The molecular formula is C18H16N2O2. The summed E-state index contributed by atoms with van der Waals surface area (Å²) in [7, 11) is 0. The van der Waals surface area contributed by atoms with Crippen LogP contribution in [0.2, 0.25) is 0 Å². The molecule has 0 radical (unpaired) electrons. The van der Waals surface area contributed by atoms with Crippen molar-refractivity contribution in [1.29, 1.82) is 5.26 Å². The van der Waals surface area contributed by atoms with Crippen molar-refractivity contribution in [2.24, 2.45) is 0 Å². The molecule has 0 aromatic heterocycles. The number of amides is 1. The lowest BCUT2D eigenvalue weighted by atomic mass is 10.1. The number of carbonyl (C=O) groups excluding carboxylic acids is 1. The van der Waals surface area contributed by atoms with E-state index in [4.69, 9.17) is 4.74 Å². The normalized spacial score (nSPS) is 16.0. The van der Waals surface area contributed by atoms with Crippen LogP contribution >= 0.6 is 0 Å². The number of carbonyl (C=O) groups is 1. The first kappa shape index (κ1) is 14.2. The predicted molar refractivity (Wildman–Crippen MR) is 83.4 cm³/mol. The third kappa shape index (κ3) is 2.53. The van der Waals surface area contributed by atoms with Gasteiger partial charge < -0.3 is 4.74 Å². The van der Waals surface area contributed by atoms with E-state index in [2.05, 4.69) is 6.07 Å². The van der Waals surface area contributed by atoms with Crippen molar-refractivity contribution in [3.8, 4) is 6.07 Å². The van der Waals surface area contributed by atoms with Gasteiger partial charge in [0, 0.05) is 6.04 Å². The first-order valence-electron chi connectivity index (χ1n) is 7.22. The van der Waals surface area contributed by atoms with E-state index < -0.39 is 6.09 Å². The van der Waals surface area contributed by atoms with Crippen LogP contribution in [0.25, 0.3) is 0 Å². The van der Waals surface area contributed by atoms with E-state index in [1.807, 2.05) is 49.4 Å². The van der Waals surface area contributed by atoms with E-state index in [-0.39, 0.29) is 12.6 Å². The number of ether oxygens (including phenoxy) is 1. The van der Waals surface area contributed by atoms with Gasteiger partial charge in [0.1, 0.15) is 12.7 Å². The molecule has 2 aromatic carbocycles. The van der Waals surface area contributed by atoms with Gasteiger partial charge in [-0.05, 0) is 30.5 Å². The van der Waals surface area contributed by atoms with Gasteiger partial charge in [-0.25, -0.2) is 4.79 Å². The smallest absolute Gasteiger partial charge is 0.414 e. The minimum atomic E-state index is -0.405. The first-order valence-corrected chi connectivity index (χ1v) is 7.22. The molecule has 2 aromatic rings. The summed E-state index contributed by atoms with van der Waals surface area (Å²) in [6, 6.07) is 17.2. The van der Waals surface area contributed by atoms with Crippen LogP contribution in [0.4, 0.5) is 10.5 Å². The molecule has 4 heteroatoms. The summed E-state index contributed by atoms with van der Waals surface area (Å²) in [6.07, 6.45) is 0.337. The average Bonchev–Trinajstić information content (AvgIpc) is 2.89. The standard InChI is InChI=1S/C18H16N2O2/c1-13-10-15-8-5-9-16(11-19)17(15)20(13)18(21)22-12-14-6-3-2-4-7-14/h2-9,13H,10,12H2,1H3. The van der Waals surface area contributed by atoms with Gasteiger partial charge in [-0.15, -0.1) is 0 Å². The predicted octanol–water partition coefficient (Wildman–Crippen LogP) is 3.65. The lowest BCUT2D eigenvalue weighted by Crippen LogP contribution is -2.36. The summed E-state index contributed by atoms with van der Waals surface area (Å²) >= 11 is 0. The topological polar surface area (TPSA) is 53.3 Å². The number of fused-ring (bicyclic) bond motifs is 1. The summed E-state index contributed by atoms with van der Waals surface area (Å²) < 4.78 is 5.42. The molecular weight excluding hydrogens is 276 g/mol. The molecule has 1 amide bonds. The molecule has 0 fully saturated rings. The second-order valence-corrected chi connectivity index (χ2v) is 5.39. The summed E-state index contributed by atoms with van der Waals surface area (Å²) in [5.41, 5.74) is 3.16. The molecule has 1 aliphatic heterocycles. The lowest BCUT2D eigenvalue weighted by Gasteiger charge is -2.22. The summed E-state index contributed by atoms with van der Waals surface area (Å²) in [4.78, 5) is 14.0. The van der Waals surface area contributed by atoms with Gasteiger partial charge in [0.05, 0.1) is 11.3 Å². The monoisotopic (exact) mass is 292 g/mol. The molecule has 0 N–H and O–H groups in total. The highest BCUT2D eigenvalue weighted by molar-refractivity contribution is 5.93. The quantitative estimate of drug-likeness (QED) is 0.849. The SMILES string of the molecule is CC1Cc2cccc(C#N)c2N1C(=O)OCc1ccccc1. The maximum Gasteiger partial charge on any atom is 0.414 e. The first-order chi connectivity index (χ1) is 10.7. The maximum atomic E-state index is 12.5. The van der Waals surface area contributed by atoms with E-state index in [0.717, 1.165) is 17.5 Å². The van der Waals surface area contributed by atoms with Gasteiger partial charge in [-0.2, -0.15) is 5.26 Å². The van der Waals surface area contributed by atoms with Crippen LogP contribution < -0.4 is 4.90 Å². The number of para-hydroxylation sites is 1. The van der Waals surface area contributed by atoms with Gasteiger partial charge in [-0.3, -0.25) is 4.90 Å². The van der Waals surface area contributed by atoms with E-state index >= 15 is 0 Å². The van der Waals surface area contributed by atoms with Crippen molar-refractivity contribution in [1.82, 2.24) is 0 Å². The second kappa shape index (κ2) is 5.90. The van der Waals surface area contributed by atoms with E-state index in [9.17, 15) is 10.1 Å². The van der Waals surface area contributed by atoms with Crippen LogP contribution in [0.3, 0.4) is 0 Å². The number of anilines is 1. The fraction of sp³-hybridized carbons (Fsp3) is 0.222. The number of hydrogen-bond acceptors (Lipinski definition) is 3. The van der Waals surface area contributed by atoms with Crippen molar-refractivity contribution < 1.29 is 9.53 Å².